The van der Waals surface area contributed by atoms with Crippen molar-refractivity contribution in [3.05, 3.63) is 40.4 Å². The molecule has 11 heteroatoms. The number of aliphatic carboxylic acids is 2. The van der Waals surface area contributed by atoms with Gasteiger partial charge in [-0.25, -0.2) is 14.4 Å². The lowest BCUT2D eigenvalue weighted by atomic mass is 10.3. The molecular weight excluding hydrogens is 449 g/mol. The number of benzene rings is 1. The van der Waals surface area contributed by atoms with Gasteiger partial charge in [-0.2, -0.15) is 0 Å². The summed E-state index contributed by atoms with van der Waals surface area (Å²) in [6, 6.07) is 5.22. The van der Waals surface area contributed by atoms with Crippen LogP contribution in [0.15, 0.2) is 30.4 Å². The highest BCUT2D eigenvalue weighted by Gasteiger charge is 2.16. The van der Waals surface area contributed by atoms with Crippen molar-refractivity contribution in [3.63, 3.8) is 0 Å². The normalized spacial score (nSPS) is 10.6. The lowest BCUT2D eigenvalue weighted by Crippen LogP contribution is -2.47. The Morgan fingerprint density at radius 1 is 1.10 bits per heavy atom. The highest BCUT2D eigenvalue weighted by molar-refractivity contribution is 6.42. The fourth-order valence-corrected chi connectivity index (χ4v) is 2.42. The monoisotopic (exact) mass is 477 g/mol. The number of carbonyl (C=O) groups is 3. The van der Waals surface area contributed by atoms with Gasteiger partial charge in [0.05, 0.1) is 11.6 Å². The fraction of sp³-hybridized carbons (Fsp3) is 0.450. The summed E-state index contributed by atoms with van der Waals surface area (Å²) < 4.78 is 5.64. The first-order chi connectivity index (χ1) is 14.5. The van der Waals surface area contributed by atoms with E-state index in [1.807, 2.05) is 32.8 Å². The molecule has 0 atom stereocenters. The van der Waals surface area contributed by atoms with Crippen LogP contribution in [0, 0.1) is 0 Å². The Labute approximate surface area is 192 Å². The van der Waals surface area contributed by atoms with Crippen molar-refractivity contribution < 1.29 is 29.3 Å². The zero-order chi connectivity index (χ0) is 24.0. The number of hydrogen-bond acceptors (Lipinski definition) is 5. The van der Waals surface area contributed by atoms with Crippen molar-refractivity contribution in [2.75, 3.05) is 40.3 Å². The predicted octanol–water partition coefficient (Wildman–Crippen LogP) is 3.07. The zero-order valence-electron chi connectivity index (χ0n) is 18.0. The first kappa shape index (κ1) is 28.5. The Morgan fingerprint density at radius 3 is 2.16 bits per heavy atom. The highest BCUT2D eigenvalue weighted by atomic mass is 35.5. The van der Waals surface area contributed by atoms with Crippen molar-refractivity contribution in [1.82, 2.24) is 15.1 Å². The van der Waals surface area contributed by atoms with Gasteiger partial charge in [0.2, 0.25) is 0 Å². The van der Waals surface area contributed by atoms with E-state index in [0.717, 1.165) is 6.54 Å². The molecule has 0 heterocycles. The van der Waals surface area contributed by atoms with Crippen LogP contribution >= 0.6 is 23.2 Å². The Balaban J connectivity index is 0.000000954. The van der Waals surface area contributed by atoms with E-state index in [-0.39, 0.29) is 12.1 Å². The van der Waals surface area contributed by atoms with Gasteiger partial charge in [-0.05, 0) is 40.1 Å². The largest absolute Gasteiger partial charge is 0.490 e. The standard InChI is InChI=1S/C16H25Cl2N3O2.C4H4O4/c1-12(2)21(16(22)19-8-9-20(3)4)10-11-23-14-7-5-6-13(17)15(14)18;5-3(6)1-2-4(7)8/h5-7,12H,8-11H2,1-4H3,(H,19,22);1-2H,(H,5,6)(H,7,8)/b;2-1-. The number of likely N-dealkylation sites (N-methyl/N-ethyl adjacent to an activating group) is 1. The molecule has 174 valence electrons. The molecule has 0 spiro atoms. The van der Waals surface area contributed by atoms with Gasteiger partial charge in [0.1, 0.15) is 17.4 Å². The van der Waals surface area contributed by atoms with Crippen LogP contribution in [0.4, 0.5) is 4.79 Å². The van der Waals surface area contributed by atoms with E-state index in [4.69, 9.17) is 38.2 Å². The number of carboxylic acids is 2. The molecule has 0 bridgehead atoms. The van der Waals surface area contributed by atoms with Crippen LogP contribution < -0.4 is 10.1 Å². The molecule has 2 amide bonds. The third kappa shape index (κ3) is 13.4. The second-order valence-corrected chi connectivity index (χ2v) is 7.52. The van der Waals surface area contributed by atoms with E-state index in [1.165, 1.54) is 0 Å². The molecule has 3 N–H and O–H groups in total. The smallest absolute Gasteiger partial charge is 0.328 e. The Bertz CT molecular complexity index is 740. The van der Waals surface area contributed by atoms with Crippen LogP contribution in [-0.4, -0.2) is 84.4 Å². The minimum Gasteiger partial charge on any atom is -0.490 e. The lowest BCUT2D eigenvalue weighted by molar-refractivity contribution is -0.134. The molecule has 0 aliphatic heterocycles. The summed E-state index contributed by atoms with van der Waals surface area (Å²) in [6.45, 7) is 6.16. The molecule has 1 aromatic carbocycles. The average Bonchev–Trinajstić information content (AvgIpc) is 2.66. The van der Waals surface area contributed by atoms with Gasteiger partial charge in [-0.1, -0.05) is 29.3 Å². The second-order valence-electron chi connectivity index (χ2n) is 6.73. The molecule has 1 aromatic rings. The van der Waals surface area contributed by atoms with Crippen LogP contribution in [0.25, 0.3) is 0 Å². The van der Waals surface area contributed by atoms with Gasteiger partial charge >= 0.3 is 18.0 Å². The molecule has 0 saturated carbocycles. The maximum Gasteiger partial charge on any atom is 0.328 e. The van der Waals surface area contributed by atoms with Crippen molar-refractivity contribution in [1.29, 1.82) is 0 Å². The summed E-state index contributed by atoms with van der Waals surface area (Å²) in [5, 5.41) is 19.4. The number of ether oxygens (including phenoxy) is 1. The number of halogens is 2. The Morgan fingerprint density at radius 2 is 1.68 bits per heavy atom. The number of amides is 2. The number of carboxylic acid groups (broad SMARTS) is 2. The van der Waals surface area contributed by atoms with Crippen molar-refractivity contribution in [2.24, 2.45) is 0 Å². The molecular formula is C20H29Cl2N3O6. The van der Waals surface area contributed by atoms with Crippen LogP contribution in [0.5, 0.6) is 5.75 Å². The maximum atomic E-state index is 12.2. The molecule has 1 rings (SSSR count). The molecule has 0 aliphatic carbocycles. The molecule has 0 aromatic heterocycles. The van der Waals surface area contributed by atoms with E-state index >= 15 is 0 Å². The summed E-state index contributed by atoms with van der Waals surface area (Å²) in [6.07, 6.45) is 1.12. The summed E-state index contributed by atoms with van der Waals surface area (Å²) in [7, 11) is 3.93. The van der Waals surface area contributed by atoms with E-state index in [0.29, 0.717) is 47.6 Å². The SMILES string of the molecule is CC(C)N(CCOc1cccc(Cl)c1Cl)C(=O)NCCN(C)C.O=C(O)/C=C\C(=O)O. The minimum atomic E-state index is -1.26. The minimum absolute atomic E-state index is 0.0767. The van der Waals surface area contributed by atoms with Gasteiger partial charge in [-0.3, -0.25) is 0 Å². The Hall–Kier alpha value is -2.49. The number of hydrogen-bond donors (Lipinski definition) is 3. The third-order valence-electron chi connectivity index (χ3n) is 3.59. The van der Waals surface area contributed by atoms with Crippen LogP contribution in [0.2, 0.25) is 10.0 Å². The van der Waals surface area contributed by atoms with E-state index in [1.54, 1.807) is 23.1 Å². The van der Waals surface area contributed by atoms with E-state index in [9.17, 15) is 14.4 Å². The van der Waals surface area contributed by atoms with Gasteiger partial charge in [0, 0.05) is 31.3 Å². The molecule has 0 aliphatic rings. The number of nitrogens with one attached hydrogen (secondary N) is 1. The zero-order valence-corrected chi connectivity index (χ0v) is 19.5. The number of urea groups is 1. The van der Waals surface area contributed by atoms with Crippen LogP contribution in [-0.2, 0) is 9.59 Å². The number of rotatable bonds is 10. The summed E-state index contributed by atoms with van der Waals surface area (Å²) >= 11 is 12.0. The van der Waals surface area contributed by atoms with Crippen LogP contribution in [0.1, 0.15) is 13.8 Å². The molecule has 0 radical (unpaired) electrons. The van der Waals surface area contributed by atoms with Crippen molar-refractivity contribution in [2.45, 2.75) is 19.9 Å². The van der Waals surface area contributed by atoms with Crippen LogP contribution in [0.3, 0.4) is 0 Å². The van der Waals surface area contributed by atoms with Gasteiger partial charge in [0.15, 0.2) is 0 Å². The molecule has 31 heavy (non-hydrogen) atoms. The lowest BCUT2D eigenvalue weighted by Gasteiger charge is -2.27. The summed E-state index contributed by atoms with van der Waals surface area (Å²) in [4.78, 5) is 35.1. The first-order valence-electron chi connectivity index (χ1n) is 9.35. The summed E-state index contributed by atoms with van der Waals surface area (Å²) in [5.41, 5.74) is 0. The first-order valence-corrected chi connectivity index (χ1v) is 10.1. The van der Waals surface area contributed by atoms with Crippen molar-refractivity contribution >= 4 is 41.2 Å². The number of carbonyl (C=O) groups excluding carboxylic acids is 1. The van der Waals surface area contributed by atoms with Crippen molar-refractivity contribution in [3.8, 4) is 5.75 Å². The molecule has 0 unspecified atom stereocenters. The van der Waals surface area contributed by atoms with E-state index < -0.39 is 11.9 Å². The van der Waals surface area contributed by atoms with E-state index in [2.05, 4.69) is 5.32 Å². The molecule has 9 nitrogen and oxygen atoms in total. The fourth-order valence-electron chi connectivity index (χ4n) is 2.07. The molecule has 0 fully saturated rings. The predicted molar refractivity (Wildman–Crippen MR) is 120 cm³/mol. The van der Waals surface area contributed by atoms with Gasteiger partial charge in [-0.15, -0.1) is 0 Å². The quantitative estimate of drug-likeness (QED) is 0.442. The number of nitrogens with zero attached hydrogens (tertiary/aromatic N) is 2. The molecule has 0 saturated heterocycles. The highest BCUT2D eigenvalue weighted by Crippen LogP contribution is 2.31. The topological polar surface area (TPSA) is 119 Å². The summed E-state index contributed by atoms with van der Waals surface area (Å²) in [5.74, 6) is -1.99. The van der Waals surface area contributed by atoms with Gasteiger partial charge in [0.25, 0.3) is 0 Å². The van der Waals surface area contributed by atoms with Gasteiger partial charge < -0.3 is 30.1 Å². The maximum absolute atomic E-state index is 12.2. The average molecular weight is 478 g/mol. The third-order valence-corrected chi connectivity index (χ3v) is 4.40. The Kier molecular flexibility index (Phi) is 14.1. The second kappa shape index (κ2) is 15.3.